The van der Waals surface area contributed by atoms with Crippen LogP contribution in [0.15, 0.2) is 41.4 Å². The number of nitrogens with two attached hydrogens (primary N) is 1. The van der Waals surface area contributed by atoms with Crippen LogP contribution in [0.3, 0.4) is 0 Å². The molecular formula is C17H25IN4O. The van der Waals surface area contributed by atoms with E-state index in [1.807, 2.05) is 24.0 Å². The van der Waals surface area contributed by atoms with E-state index in [1.54, 1.807) is 0 Å². The van der Waals surface area contributed by atoms with Gasteiger partial charge >= 0.3 is 0 Å². The van der Waals surface area contributed by atoms with Crippen molar-refractivity contribution in [3.05, 3.63) is 47.5 Å². The topological polar surface area (TPSA) is 70.7 Å². The summed E-state index contributed by atoms with van der Waals surface area (Å²) in [6.45, 7) is 8.31. The average Bonchev–Trinajstić information content (AvgIpc) is 2.93. The zero-order valence-corrected chi connectivity index (χ0v) is 15.9. The smallest absolute Gasteiger partial charge is 0.223 e. The molecule has 1 amide bonds. The van der Waals surface area contributed by atoms with Crippen molar-refractivity contribution in [1.82, 2.24) is 10.2 Å². The minimum Gasteiger partial charge on any atom is -0.370 e. The Morgan fingerprint density at radius 1 is 1.35 bits per heavy atom. The third-order valence-corrected chi connectivity index (χ3v) is 3.59. The van der Waals surface area contributed by atoms with Gasteiger partial charge in [0.1, 0.15) is 0 Å². The van der Waals surface area contributed by atoms with Crippen LogP contribution in [0.5, 0.6) is 0 Å². The number of carbonyl (C=O) groups is 1. The normalized spacial score (nSPS) is 13.3. The molecule has 2 rings (SSSR count). The van der Waals surface area contributed by atoms with Crippen molar-refractivity contribution in [3.8, 4) is 0 Å². The number of carbonyl (C=O) groups excluding carboxylic acids is 1. The van der Waals surface area contributed by atoms with Crippen molar-refractivity contribution in [2.75, 3.05) is 13.1 Å². The molecule has 0 bridgehead atoms. The highest BCUT2D eigenvalue weighted by molar-refractivity contribution is 14.0. The number of nitrogens with zero attached hydrogens (tertiary/aromatic N) is 2. The van der Waals surface area contributed by atoms with E-state index in [4.69, 9.17) is 5.73 Å². The van der Waals surface area contributed by atoms with Crippen LogP contribution in [0.4, 0.5) is 0 Å². The van der Waals surface area contributed by atoms with Crippen LogP contribution in [-0.2, 0) is 17.9 Å². The van der Waals surface area contributed by atoms with Crippen LogP contribution in [-0.4, -0.2) is 29.9 Å². The number of guanidine groups is 1. The molecule has 1 aliphatic heterocycles. The summed E-state index contributed by atoms with van der Waals surface area (Å²) in [6.07, 6.45) is 1.27. The molecule has 126 valence electrons. The molecule has 0 radical (unpaired) electrons. The van der Waals surface area contributed by atoms with E-state index in [2.05, 4.69) is 29.0 Å². The lowest BCUT2D eigenvalue weighted by atomic mass is 10.1. The third kappa shape index (κ3) is 6.21. The Balaban J connectivity index is 0.00000264. The number of halogens is 1. The Labute approximate surface area is 155 Å². The summed E-state index contributed by atoms with van der Waals surface area (Å²) in [4.78, 5) is 18.2. The van der Waals surface area contributed by atoms with Crippen LogP contribution in [0, 0.1) is 0 Å². The molecule has 0 unspecified atom stereocenters. The van der Waals surface area contributed by atoms with E-state index >= 15 is 0 Å². The molecule has 1 aliphatic rings. The van der Waals surface area contributed by atoms with Crippen LogP contribution in [0.25, 0.3) is 0 Å². The first-order chi connectivity index (χ1) is 10.6. The molecule has 5 nitrogen and oxygen atoms in total. The summed E-state index contributed by atoms with van der Waals surface area (Å²) < 4.78 is 0. The van der Waals surface area contributed by atoms with Gasteiger partial charge in [0.15, 0.2) is 5.96 Å². The van der Waals surface area contributed by atoms with E-state index in [1.165, 1.54) is 11.1 Å². The van der Waals surface area contributed by atoms with Gasteiger partial charge in [-0.25, -0.2) is 4.99 Å². The summed E-state index contributed by atoms with van der Waals surface area (Å²) in [5.41, 5.74) is 9.20. The SMILES string of the molecule is C=C(C)CN=C(N)NCCCC(=O)N1Cc2ccccc2C1.I. The number of aliphatic imine (C=N–C) groups is 1. The zero-order chi connectivity index (χ0) is 15.9. The van der Waals surface area contributed by atoms with E-state index < -0.39 is 0 Å². The average molecular weight is 428 g/mol. The lowest BCUT2D eigenvalue weighted by molar-refractivity contribution is -0.131. The van der Waals surface area contributed by atoms with Crippen LogP contribution in [0.2, 0.25) is 0 Å². The van der Waals surface area contributed by atoms with Gasteiger partial charge in [0, 0.05) is 26.1 Å². The van der Waals surface area contributed by atoms with Gasteiger partial charge in [0.25, 0.3) is 0 Å². The van der Waals surface area contributed by atoms with Gasteiger partial charge in [0.05, 0.1) is 6.54 Å². The molecule has 0 spiro atoms. The standard InChI is InChI=1S/C17H24N4O.HI/c1-13(2)10-20-17(18)19-9-5-8-16(22)21-11-14-6-3-4-7-15(14)12-21;/h3-4,6-7H,1,5,8-12H2,2H3,(H3,18,19,20);1H. The number of hydrogen-bond donors (Lipinski definition) is 2. The molecule has 23 heavy (non-hydrogen) atoms. The van der Waals surface area contributed by atoms with Crippen molar-refractivity contribution in [2.24, 2.45) is 10.7 Å². The Bertz CT molecular complexity index is 561. The number of rotatable bonds is 6. The van der Waals surface area contributed by atoms with Crippen LogP contribution < -0.4 is 11.1 Å². The number of fused-ring (bicyclic) bond motifs is 1. The Kier molecular flexibility index (Phi) is 8.08. The molecular weight excluding hydrogens is 403 g/mol. The fourth-order valence-electron chi connectivity index (χ4n) is 2.40. The van der Waals surface area contributed by atoms with E-state index in [0.29, 0.717) is 25.5 Å². The van der Waals surface area contributed by atoms with Crippen molar-refractivity contribution < 1.29 is 4.79 Å². The van der Waals surface area contributed by atoms with E-state index in [-0.39, 0.29) is 29.9 Å². The Morgan fingerprint density at radius 3 is 2.52 bits per heavy atom. The van der Waals surface area contributed by atoms with Gasteiger partial charge in [-0.3, -0.25) is 4.79 Å². The second-order valence-corrected chi connectivity index (χ2v) is 5.71. The highest BCUT2D eigenvalue weighted by Crippen LogP contribution is 2.22. The number of nitrogens with one attached hydrogen (secondary N) is 1. The predicted molar refractivity (Wildman–Crippen MR) is 105 cm³/mol. The van der Waals surface area contributed by atoms with E-state index in [9.17, 15) is 4.79 Å². The van der Waals surface area contributed by atoms with Crippen LogP contribution in [0.1, 0.15) is 30.9 Å². The maximum Gasteiger partial charge on any atom is 0.223 e. The molecule has 1 aromatic rings. The van der Waals surface area contributed by atoms with Crippen molar-refractivity contribution in [2.45, 2.75) is 32.9 Å². The molecule has 0 aromatic heterocycles. The minimum atomic E-state index is 0. The van der Waals surface area contributed by atoms with Crippen molar-refractivity contribution >= 4 is 35.8 Å². The minimum absolute atomic E-state index is 0. The Hall–Kier alpha value is -1.57. The van der Waals surface area contributed by atoms with Crippen LogP contribution >= 0.6 is 24.0 Å². The zero-order valence-electron chi connectivity index (χ0n) is 13.5. The van der Waals surface area contributed by atoms with Gasteiger partial charge in [-0.05, 0) is 24.5 Å². The number of hydrogen-bond acceptors (Lipinski definition) is 2. The van der Waals surface area contributed by atoms with Gasteiger partial charge < -0.3 is 16.0 Å². The molecule has 1 heterocycles. The van der Waals surface area contributed by atoms with Gasteiger partial charge in [0.2, 0.25) is 5.91 Å². The quantitative estimate of drug-likeness (QED) is 0.240. The highest BCUT2D eigenvalue weighted by atomic mass is 127. The number of amides is 1. The summed E-state index contributed by atoms with van der Waals surface area (Å²) >= 11 is 0. The number of benzene rings is 1. The maximum absolute atomic E-state index is 12.2. The summed E-state index contributed by atoms with van der Waals surface area (Å²) in [5.74, 6) is 0.597. The fraction of sp³-hybridized carbons (Fsp3) is 0.412. The predicted octanol–water partition coefficient (Wildman–Crippen LogP) is 2.41. The summed E-state index contributed by atoms with van der Waals surface area (Å²) in [5, 5.41) is 3.02. The molecule has 0 saturated carbocycles. The van der Waals surface area contributed by atoms with E-state index in [0.717, 1.165) is 25.1 Å². The molecule has 0 fully saturated rings. The molecule has 1 aromatic carbocycles. The molecule has 3 N–H and O–H groups in total. The largest absolute Gasteiger partial charge is 0.370 e. The summed E-state index contributed by atoms with van der Waals surface area (Å²) in [7, 11) is 0. The maximum atomic E-state index is 12.2. The highest BCUT2D eigenvalue weighted by Gasteiger charge is 2.21. The third-order valence-electron chi connectivity index (χ3n) is 3.59. The van der Waals surface area contributed by atoms with Crippen molar-refractivity contribution in [1.29, 1.82) is 0 Å². The lowest BCUT2D eigenvalue weighted by Gasteiger charge is -2.15. The van der Waals surface area contributed by atoms with Gasteiger partial charge in [-0.1, -0.05) is 36.4 Å². The molecule has 6 heteroatoms. The first-order valence-corrected chi connectivity index (χ1v) is 7.59. The Morgan fingerprint density at radius 2 is 1.96 bits per heavy atom. The summed E-state index contributed by atoms with van der Waals surface area (Å²) in [6, 6.07) is 8.21. The van der Waals surface area contributed by atoms with Gasteiger partial charge in [-0.15, -0.1) is 24.0 Å². The lowest BCUT2D eigenvalue weighted by Crippen LogP contribution is -2.33. The molecule has 0 saturated heterocycles. The monoisotopic (exact) mass is 428 g/mol. The second-order valence-electron chi connectivity index (χ2n) is 5.71. The first kappa shape index (κ1) is 19.5. The van der Waals surface area contributed by atoms with Gasteiger partial charge in [-0.2, -0.15) is 0 Å². The molecule has 0 atom stereocenters. The fourth-order valence-corrected chi connectivity index (χ4v) is 2.40. The molecule has 0 aliphatic carbocycles. The van der Waals surface area contributed by atoms with Crippen molar-refractivity contribution in [3.63, 3.8) is 0 Å². The first-order valence-electron chi connectivity index (χ1n) is 7.59. The second kappa shape index (κ2) is 9.54.